The first-order chi connectivity index (χ1) is 16.9. The van der Waals surface area contributed by atoms with Gasteiger partial charge in [-0.3, -0.25) is 24.0 Å². The summed E-state index contributed by atoms with van der Waals surface area (Å²) in [6.45, 7) is 1.23. The second-order valence-electron chi connectivity index (χ2n) is 6.28. The fourth-order valence-corrected chi connectivity index (χ4v) is 1.69. The summed E-state index contributed by atoms with van der Waals surface area (Å²) < 4.78 is 15.9. The van der Waals surface area contributed by atoms with Crippen LogP contribution in [0.3, 0.4) is 0 Å². The third kappa shape index (κ3) is 9.90. The Bertz CT molecular complexity index is 1090. The van der Waals surface area contributed by atoms with E-state index in [1.165, 1.54) is 0 Å². The number of hydrogen-bond acceptors (Lipinski definition) is 17. The summed E-state index contributed by atoms with van der Waals surface area (Å²) >= 11 is 0. The van der Waals surface area contributed by atoms with Gasteiger partial charge < -0.3 is 34.3 Å². The van der Waals surface area contributed by atoms with Gasteiger partial charge in [0, 0.05) is 13.8 Å². The Morgan fingerprint density at radius 1 is 0.595 bits per heavy atom. The maximum absolute atomic E-state index is 11.9. The summed E-state index contributed by atoms with van der Waals surface area (Å²) in [6.07, 6.45) is -10.5. The number of carbonyl (C=O) groups is 12. The van der Waals surface area contributed by atoms with Gasteiger partial charge in [0.15, 0.2) is 6.10 Å². The smallest absolute Gasteiger partial charge is 0.382 e. The predicted octanol–water partition coefficient (Wildman–Crippen LogP) is -4.81. The molecular weight excluding hydrogens is 520 g/mol. The summed E-state index contributed by atoms with van der Waals surface area (Å²) in [4.78, 5) is 136. The number of carbonyl (C=O) groups excluding carboxylic acids is 10. The van der Waals surface area contributed by atoms with Crippen LogP contribution in [0.25, 0.3) is 0 Å². The highest BCUT2D eigenvalue weighted by atomic mass is 16.6. The third-order valence-corrected chi connectivity index (χ3v) is 3.40. The van der Waals surface area contributed by atoms with Gasteiger partial charge in [-0.25, -0.2) is 33.6 Å². The Labute approximate surface area is 202 Å². The van der Waals surface area contributed by atoms with Crippen molar-refractivity contribution in [3.63, 3.8) is 0 Å². The number of aliphatic hydroxyl groups excluding tert-OH is 1. The highest BCUT2D eigenvalue weighted by Crippen LogP contribution is 2.08. The van der Waals surface area contributed by atoms with Gasteiger partial charge in [-0.2, -0.15) is 0 Å². The number of rotatable bonds is 13. The molecule has 0 aromatic rings. The van der Waals surface area contributed by atoms with Crippen LogP contribution < -0.4 is 0 Å². The summed E-state index contributed by atoms with van der Waals surface area (Å²) in [6, 6.07) is 0. The molecular formula is C18H14O19. The van der Waals surface area contributed by atoms with Crippen molar-refractivity contribution in [3.05, 3.63) is 0 Å². The minimum atomic E-state index is -3.06. The van der Waals surface area contributed by atoms with Crippen LogP contribution in [-0.2, 0) is 76.5 Å². The maximum atomic E-state index is 11.9. The summed E-state index contributed by atoms with van der Waals surface area (Å²) in [5, 5.41) is 27.1. The lowest BCUT2D eigenvalue weighted by Gasteiger charge is -2.17. The van der Waals surface area contributed by atoms with E-state index in [1.807, 2.05) is 0 Å². The van der Waals surface area contributed by atoms with E-state index in [1.54, 1.807) is 0 Å². The topological polar surface area (TPSA) is 302 Å². The van der Waals surface area contributed by atoms with Crippen LogP contribution in [0.2, 0.25) is 0 Å². The van der Waals surface area contributed by atoms with E-state index in [9.17, 15) is 62.6 Å². The van der Waals surface area contributed by atoms with Crippen molar-refractivity contribution in [2.24, 2.45) is 0 Å². The van der Waals surface area contributed by atoms with Gasteiger partial charge in [0.2, 0.25) is 11.6 Å². The number of esters is 6. The van der Waals surface area contributed by atoms with Crippen molar-refractivity contribution in [1.82, 2.24) is 0 Å². The van der Waals surface area contributed by atoms with Gasteiger partial charge in [-0.15, -0.1) is 0 Å². The van der Waals surface area contributed by atoms with Gasteiger partial charge in [0.25, 0.3) is 23.8 Å². The minimum Gasteiger partial charge on any atom is -0.475 e. The van der Waals surface area contributed by atoms with Crippen molar-refractivity contribution in [2.45, 2.75) is 38.6 Å². The molecule has 0 aliphatic carbocycles. The number of ether oxygens (including phenoxy) is 4. The van der Waals surface area contributed by atoms with Crippen LogP contribution in [-0.4, -0.2) is 105 Å². The second-order valence-corrected chi connectivity index (χ2v) is 6.28. The van der Waals surface area contributed by atoms with E-state index >= 15 is 0 Å². The summed E-state index contributed by atoms with van der Waals surface area (Å²) in [5.41, 5.74) is 0. The first-order valence-electron chi connectivity index (χ1n) is 9.06. The Balaban J connectivity index is 5.57. The predicted molar refractivity (Wildman–Crippen MR) is 99.2 cm³/mol. The molecule has 0 saturated carbocycles. The van der Waals surface area contributed by atoms with Gasteiger partial charge in [-0.1, -0.05) is 0 Å². The average molecular weight is 534 g/mol. The molecule has 3 unspecified atom stereocenters. The maximum Gasteiger partial charge on any atom is 0.382 e. The van der Waals surface area contributed by atoms with Crippen LogP contribution in [0.5, 0.6) is 0 Å². The molecule has 0 aliphatic rings. The molecule has 0 aliphatic heterocycles. The standard InChI is InChI=1S/C18H14O19/c1-4(19)14(29)36-17(32)10(8(23)12(25)26)34-7(22)3-6(21)16(31)35-11(9(24)13(27)28)18(33)37-15(30)5(2)20/h6,10-11,21H,3H2,1-2H3,(H,25,26)(H,27,28). The Hall–Kier alpha value is -5.20. The van der Waals surface area contributed by atoms with Crippen LogP contribution >= 0.6 is 0 Å². The lowest BCUT2D eigenvalue weighted by Crippen LogP contribution is -2.44. The van der Waals surface area contributed by atoms with E-state index < -0.39 is 95.6 Å². The number of ketones is 4. The van der Waals surface area contributed by atoms with Crippen molar-refractivity contribution in [2.75, 3.05) is 0 Å². The molecule has 0 heterocycles. The number of hydrogen-bond donors (Lipinski definition) is 3. The minimum absolute atomic E-state index is 0.610. The van der Waals surface area contributed by atoms with Crippen molar-refractivity contribution >= 4 is 70.9 Å². The number of carboxylic acid groups (broad SMARTS) is 2. The average Bonchev–Trinajstić information content (AvgIpc) is 2.78. The molecule has 3 N–H and O–H groups in total. The van der Waals surface area contributed by atoms with Gasteiger partial charge >= 0.3 is 47.8 Å². The normalized spacial score (nSPS) is 12.4. The second kappa shape index (κ2) is 13.6. The molecule has 0 aromatic heterocycles. The molecule has 37 heavy (non-hydrogen) atoms. The Morgan fingerprint density at radius 3 is 1.27 bits per heavy atom. The molecule has 0 bridgehead atoms. The first kappa shape index (κ1) is 31.8. The number of Topliss-reactive ketones (excluding diaryl/α,β-unsaturated/α-hetero) is 4. The van der Waals surface area contributed by atoms with E-state index in [-0.39, 0.29) is 0 Å². The molecule has 0 saturated heterocycles. The van der Waals surface area contributed by atoms with E-state index in [0.29, 0.717) is 13.8 Å². The highest BCUT2D eigenvalue weighted by molar-refractivity contribution is 6.41. The van der Waals surface area contributed by atoms with Crippen molar-refractivity contribution < 1.29 is 91.8 Å². The number of aliphatic hydroxyl groups is 1. The number of aliphatic carboxylic acids is 2. The molecule has 19 heteroatoms. The first-order valence-corrected chi connectivity index (χ1v) is 9.06. The summed E-state index contributed by atoms with van der Waals surface area (Å²) in [7, 11) is 0. The van der Waals surface area contributed by atoms with E-state index in [0.717, 1.165) is 0 Å². The fraction of sp³-hybridized carbons (Fsp3) is 0.333. The molecule has 3 atom stereocenters. The Kier molecular flexibility index (Phi) is 11.7. The molecule has 0 spiro atoms. The van der Waals surface area contributed by atoms with Gasteiger partial charge in [-0.05, 0) is 0 Å². The molecule has 0 radical (unpaired) electrons. The van der Waals surface area contributed by atoms with Gasteiger partial charge in [0.05, 0.1) is 6.42 Å². The number of carboxylic acids is 2. The zero-order chi connectivity index (χ0) is 29.2. The fourth-order valence-electron chi connectivity index (χ4n) is 1.69. The summed E-state index contributed by atoms with van der Waals surface area (Å²) in [5.74, 6) is -24.2. The molecule has 19 nitrogen and oxygen atoms in total. The van der Waals surface area contributed by atoms with Crippen LogP contribution in [0.1, 0.15) is 20.3 Å². The zero-order valence-electron chi connectivity index (χ0n) is 18.3. The zero-order valence-corrected chi connectivity index (χ0v) is 18.3. The quantitative estimate of drug-likeness (QED) is 0.0863. The lowest BCUT2D eigenvalue weighted by atomic mass is 10.2. The largest absolute Gasteiger partial charge is 0.475 e. The van der Waals surface area contributed by atoms with Crippen molar-refractivity contribution in [3.8, 4) is 0 Å². The Morgan fingerprint density at radius 2 is 0.946 bits per heavy atom. The SMILES string of the molecule is CC(=O)C(=O)OC(=O)C(OC(=O)CC(O)C(=O)OC(C(=O)OC(=O)C(C)=O)C(=O)C(=O)O)C(=O)C(=O)O. The van der Waals surface area contributed by atoms with Crippen LogP contribution in [0.15, 0.2) is 0 Å². The molecule has 200 valence electrons. The highest BCUT2D eigenvalue weighted by Gasteiger charge is 2.42. The monoisotopic (exact) mass is 534 g/mol. The van der Waals surface area contributed by atoms with E-state index in [4.69, 9.17) is 10.2 Å². The molecule has 0 aromatic carbocycles. The van der Waals surface area contributed by atoms with Crippen molar-refractivity contribution in [1.29, 1.82) is 0 Å². The van der Waals surface area contributed by atoms with Crippen LogP contribution in [0.4, 0.5) is 0 Å². The third-order valence-electron chi connectivity index (χ3n) is 3.40. The van der Waals surface area contributed by atoms with E-state index in [2.05, 4.69) is 18.9 Å². The molecule has 0 rings (SSSR count). The van der Waals surface area contributed by atoms with Gasteiger partial charge in [0.1, 0.15) is 0 Å². The molecule has 0 fully saturated rings. The lowest BCUT2D eigenvalue weighted by molar-refractivity contribution is -0.184. The van der Waals surface area contributed by atoms with Crippen LogP contribution in [0, 0.1) is 0 Å². The molecule has 0 amide bonds.